The molecule has 0 aliphatic heterocycles. The van der Waals surface area contributed by atoms with Gasteiger partial charge in [0.25, 0.3) is 5.91 Å². The zero-order valence-corrected chi connectivity index (χ0v) is 11.0. The quantitative estimate of drug-likeness (QED) is 0.349. The Morgan fingerprint density at radius 1 is 1.35 bits per heavy atom. The molecule has 0 radical (unpaired) electrons. The third-order valence-electron chi connectivity index (χ3n) is 2.54. The van der Waals surface area contributed by atoms with E-state index in [9.17, 15) is 4.79 Å². The molecule has 0 saturated carbocycles. The van der Waals surface area contributed by atoms with Gasteiger partial charge in [-0.15, -0.1) is 0 Å². The molecule has 0 atom stereocenters. The molecule has 1 aromatic carbocycles. The van der Waals surface area contributed by atoms with Crippen LogP contribution in [-0.4, -0.2) is 21.9 Å². The number of hydrogen-bond acceptors (Lipinski definition) is 4. The molecule has 0 aliphatic rings. The van der Waals surface area contributed by atoms with Gasteiger partial charge in [-0.3, -0.25) is 9.78 Å². The van der Waals surface area contributed by atoms with Crippen molar-refractivity contribution in [2.24, 2.45) is 10.9 Å². The Labute approximate surface area is 119 Å². The van der Waals surface area contributed by atoms with E-state index in [0.29, 0.717) is 16.8 Å². The molecule has 0 unspecified atom stereocenters. The van der Waals surface area contributed by atoms with Crippen LogP contribution in [0.25, 0.3) is 0 Å². The maximum atomic E-state index is 11.9. The monoisotopic (exact) mass is 290 g/mol. The van der Waals surface area contributed by atoms with E-state index in [1.54, 1.807) is 30.5 Å². The predicted octanol–water partition coefficient (Wildman–Crippen LogP) is 2.08. The van der Waals surface area contributed by atoms with Crippen molar-refractivity contribution in [1.29, 1.82) is 0 Å². The molecule has 0 spiro atoms. The summed E-state index contributed by atoms with van der Waals surface area (Å²) in [5.41, 5.74) is 6.75. The van der Waals surface area contributed by atoms with Crippen molar-refractivity contribution < 1.29 is 10.0 Å². The highest BCUT2D eigenvalue weighted by Gasteiger charge is 2.10. The number of hydrogen-bond donors (Lipinski definition) is 3. The number of benzene rings is 1. The molecule has 7 heteroatoms. The fourth-order valence-electron chi connectivity index (χ4n) is 1.53. The van der Waals surface area contributed by atoms with Gasteiger partial charge >= 0.3 is 0 Å². The van der Waals surface area contributed by atoms with E-state index in [4.69, 9.17) is 22.5 Å². The van der Waals surface area contributed by atoms with Crippen LogP contribution in [-0.2, 0) is 0 Å². The minimum absolute atomic E-state index is 0.0583. The molecule has 20 heavy (non-hydrogen) atoms. The van der Waals surface area contributed by atoms with Crippen LogP contribution in [0.15, 0.2) is 47.9 Å². The Bertz CT molecular complexity index is 659. The molecule has 1 aromatic heterocycles. The first-order valence-corrected chi connectivity index (χ1v) is 5.98. The van der Waals surface area contributed by atoms with E-state index in [1.165, 1.54) is 12.3 Å². The summed E-state index contributed by atoms with van der Waals surface area (Å²) in [7, 11) is 0. The highest BCUT2D eigenvalue weighted by atomic mass is 35.5. The number of carbonyl (C=O) groups excluding carboxylic acids is 1. The van der Waals surface area contributed by atoms with Gasteiger partial charge in [-0.25, -0.2) is 0 Å². The molecule has 4 N–H and O–H groups in total. The number of pyridine rings is 1. The van der Waals surface area contributed by atoms with Crippen LogP contribution in [0.1, 0.15) is 15.9 Å². The predicted molar refractivity (Wildman–Crippen MR) is 76.2 cm³/mol. The first-order chi connectivity index (χ1) is 9.61. The summed E-state index contributed by atoms with van der Waals surface area (Å²) in [6, 6.07) is 7.96. The number of halogens is 1. The maximum Gasteiger partial charge on any atom is 0.257 e. The van der Waals surface area contributed by atoms with Crippen LogP contribution >= 0.6 is 11.6 Å². The Balaban J connectivity index is 2.21. The zero-order valence-electron chi connectivity index (χ0n) is 10.2. The Morgan fingerprint density at radius 3 is 2.75 bits per heavy atom. The summed E-state index contributed by atoms with van der Waals surface area (Å²) >= 11 is 6.04. The molecule has 1 heterocycles. The number of nitrogens with one attached hydrogen (secondary N) is 1. The average Bonchev–Trinajstić information content (AvgIpc) is 2.49. The number of aromatic nitrogens is 1. The topological polar surface area (TPSA) is 101 Å². The fraction of sp³-hybridized carbons (Fsp3) is 0. The number of nitrogens with two attached hydrogens (primary N) is 1. The van der Waals surface area contributed by atoms with Crippen molar-refractivity contribution in [3.8, 4) is 0 Å². The molecule has 0 saturated heterocycles. The summed E-state index contributed by atoms with van der Waals surface area (Å²) in [5.74, 6) is -0.381. The minimum Gasteiger partial charge on any atom is -0.409 e. The zero-order chi connectivity index (χ0) is 14.5. The molecule has 0 fully saturated rings. The average molecular weight is 291 g/mol. The van der Waals surface area contributed by atoms with E-state index in [-0.39, 0.29) is 16.8 Å². The lowest BCUT2D eigenvalue weighted by molar-refractivity contribution is 0.102. The lowest BCUT2D eigenvalue weighted by Gasteiger charge is -2.08. The molecule has 0 bridgehead atoms. The van der Waals surface area contributed by atoms with Gasteiger partial charge in [-0.1, -0.05) is 16.8 Å². The number of anilines is 1. The Hall–Kier alpha value is -2.60. The second-order valence-corrected chi connectivity index (χ2v) is 4.28. The Morgan fingerprint density at radius 2 is 2.15 bits per heavy atom. The van der Waals surface area contributed by atoms with Gasteiger partial charge in [-0.2, -0.15) is 0 Å². The summed E-state index contributed by atoms with van der Waals surface area (Å²) in [6.07, 6.45) is 3.03. The molecule has 102 valence electrons. The van der Waals surface area contributed by atoms with Crippen LogP contribution in [0.2, 0.25) is 5.02 Å². The normalized spacial score (nSPS) is 11.2. The molecule has 1 amide bonds. The number of carbonyl (C=O) groups is 1. The molecule has 2 aromatic rings. The van der Waals surface area contributed by atoms with Gasteiger partial charge in [0.1, 0.15) is 0 Å². The number of rotatable bonds is 3. The highest BCUT2D eigenvalue weighted by molar-refractivity contribution is 6.34. The lowest BCUT2D eigenvalue weighted by atomic mass is 10.2. The Kier molecular flexibility index (Phi) is 4.17. The summed E-state index contributed by atoms with van der Waals surface area (Å²) in [4.78, 5) is 15.8. The number of oxime groups is 1. The van der Waals surface area contributed by atoms with Gasteiger partial charge in [-0.05, 0) is 30.3 Å². The number of amidine groups is 1. The third kappa shape index (κ3) is 3.04. The molecule has 6 nitrogen and oxygen atoms in total. The number of nitrogens with zero attached hydrogens (tertiary/aromatic N) is 2. The van der Waals surface area contributed by atoms with Crippen LogP contribution in [0.5, 0.6) is 0 Å². The minimum atomic E-state index is -0.323. The lowest BCUT2D eigenvalue weighted by Crippen LogP contribution is -2.15. The molecular weight excluding hydrogens is 280 g/mol. The summed E-state index contributed by atoms with van der Waals surface area (Å²) in [5, 5.41) is 14.4. The third-order valence-corrected chi connectivity index (χ3v) is 2.86. The van der Waals surface area contributed by atoms with Gasteiger partial charge in [0, 0.05) is 18.0 Å². The van der Waals surface area contributed by atoms with Gasteiger partial charge < -0.3 is 16.3 Å². The van der Waals surface area contributed by atoms with E-state index < -0.39 is 0 Å². The largest absolute Gasteiger partial charge is 0.409 e. The number of amides is 1. The van der Waals surface area contributed by atoms with E-state index >= 15 is 0 Å². The second kappa shape index (κ2) is 6.03. The first kappa shape index (κ1) is 13.8. The van der Waals surface area contributed by atoms with Crippen molar-refractivity contribution in [2.45, 2.75) is 0 Å². The molecule has 0 aliphatic carbocycles. The maximum absolute atomic E-state index is 11.9. The summed E-state index contributed by atoms with van der Waals surface area (Å²) in [6.45, 7) is 0. The molecular formula is C13H11ClN4O2. The van der Waals surface area contributed by atoms with Gasteiger partial charge in [0.2, 0.25) is 0 Å². The van der Waals surface area contributed by atoms with Gasteiger partial charge in [0.15, 0.2) is 5.84 Å². The van der Waals surface area contributed by atoms with Crippen molar-refractivity contribution in [3.05, 3.63) is 58.9 Å². The molecule has 2 rings (SSSR count). The summed E-state index contributed by atoms with van der Waals surface area (Å²) < 4.78 is 0. The highest BCUT2D eigenvalue weighted by Crippen LogP contribution is 2.23. The van der Waals surface area contributed by atoms with Crippen LogP contribution in [0, 0.1) is 0 Å². The van der Waals surface area contributed by atoms with E-state index in [1.807, 2.05) is 0 Å². The van der Waals surface area contributed by atoms with Crippen molar-refractivity contribution in [3.63, 3.8) is 0 Å². The smallest absolute Gasteiger partial charge is 0.257 e. The van der Waals surface area contributed by atoms with Crippen molar-refractivity contribution in [1.82, 2.24) is 4.98 Å². The van der Waals surface area contributed by atoms with Crippen molar-refractivity contribution in [2.75, 3.05) is 5.32 Å². The first-order valence-electron chi connectivity index (χ1n) is 5.60. The second-order valence-electron chi connectivity index (χ2n) is 3.88. The van der Waals surface area contributed by atoms with E-state index in [0.717, 1.165) is 0 Å². The van der Waals surface area contributed by atoms with E-state index in [2.05, 4.69) is 15.5 Å². The van der Waals surface area contributed by atoms with Crippen molar-refractivity contribution >= 4 is 29.0 Å². The fourth-order valence-corrected chi connectivity index (χ4v) is 1.75. The van der Waals surface area contributed by atoms with Crippen LogP contribution in [0.3, 0.4) is 0 Å². The van der Waals surface area contributed by atoms with Crippen LogP contribution < -0.4 is 11.1 Å². The standard InChI is InChI=1S/C13H11ClN4O2/c14-10-6-8(12(15)18-20)3-4-11(10)17-13(19)9-2-1-5-16-7-9/h1-7,20H,(H2,15,18)(H,17,19). The van der Waals surface area contributed by atoms with Gasteiger partial charge in [0.05, 0.1) is 16.3 Å². The van der Waals surface area contributed by atoms with Crippen LogP contribution in [0.4, 0.5) is 5.69 Å². The SMILES string of the molecule is N/C(=N/O)c1ccc(NC(=O)c2cccnc2)c(Cl)c1.